The van der Waals surface area contributed by atoms with Crippen LogP contribution in [0.15, 0.2) is 61.2 Å². The standard InChI is InChI=1S/C33H36F4O3/c1-3-5-6-7-8-9-10-19-38-28-18-17-26(32(36)33(28)37)23-13-11-22(12-14-23)25-15-16-27(31(35)30(25)34)24-20-39-29(4-2)40-21-24/h4,11-18,24,29H,2-3,5-10,19-21H2,1H3. The minimum absolute atomic E-state index is 0.0597. The van der Waals surface area contributed by atoms with Gasteiger partial charge < -0.3 is 14.2 Å². The highest BCUT2D eigenvalue weighted by atomic mass is 19.2. The van der Waals surface area contributed by atoms with Crippen LogP contribution in [0.1, 0.15) is 63.4 Å². The van der Waals surface area contributed by atoms with Gasteiger partial charge in [-0.15, -0.1) is 0 Å². The molecule has 3 aromatic rings. The molecule has 3 aromatic carbocycles. The number of hydrogen-bond donors (Lipinski definition) is 0. The van der Waals surface area contributed by atoms with Crippen LogP contribution in [0.3, 0.4) is 0 Å². The number of hydrogen-bond acceptors (Lipinski definition) is 3. The molecule has 0 radical (unpaired) electrons. The molecule has 4 rings (SSSR count). The van der Waals surface area contributed by atoms with E-state index in [0.717, 1.165) is 19.3 Å². The molecule has 0 atom stereocenters. The van der Waals surface area contributed by atoms with Gasteiger partial charge in [-0.05, 0) is 41.3 Å². The van der Waals surface area contributed by atoms with Crippen molar-refractivity contribution in [2.24, 2.45) is 0 Å². The molecule has 1 aliphatic heterocycles. The number of halogens is 4. The van der Waals surface area contributed by atoms with Crippen LogP contribution in [0.2, 0.25) is 0 Å². The van der Waals surface area contributed by atoms with Crippen LogP contribution in [-0.2, 0) is 9.47 Å². The van der Waals surface area contributed by atoms with Gasteiger partial charge in [-0.3, -0.25) is 0 Å². The van der Waals surface area contributed by atoms with Crippen LogP contribution in [-0.4, -0.2) is 26.1 Å². The summed E-state index contributed by atoms with van der Waals surface area (Å²) in [6, 6.07) is 12.1. The van der Waals surface area contributed by atoms with Gasteiger partial charge in [0.2, 0.25) is 5.82 Å². The molecule has 214 valence electrons. The molecular weight excluding hydrogens is 520 g/mol. The summed E-state index contributed by atoms with van der Waals surface area (Å²) < 4.78 is 76.0. The maximum atomic E-state index is 15.1. The first kappa shape index (κ1) is 29.8. The summed E-state index contributed by atoms with van der Waals surface area (Å²) in [4.78, 5) is 0. The highest BCUT2D eigenvalue weighted by Gasteiger charge is 2.26. The Morgan fingerprint density at radius 3 is 1.88 bits per heavy atom. The van der Waals surface area contributed by atoms with E-state index in [2.05, 4.69) is 13.5 Å². The average Bonchev–Trinajstić information content (AvgIpc) is 2.98. The molecule has 0 aliphatic carbocycles. The van der Waals surface area contributed by atoms with Crippen molar-refractivity contribution in [1.29, 1.82) is 0 Å². The zero-order valence-corrected chi connectivity index (χ0v) is 22.9. The van der Waals surface area contributed by atoms with Crippen LogP contribution in [0.25, 0.3) is 22.3 Å². The van der Waals surface area contributed by atoms with E-state index in [1.54, 1.807) is 24.3 Å². The molecule has 0 bridgehead atoms. The van der Waals surface area contributed by atoms with E-state index < -0.39 is 35.5 Å². The van der Waals surface area contributed by atoms with Crippen LogP contribution in [0.4, 0.5) is 17.6 Å². The van der Waals surface area contributed by atoms with Gasteiger partial charge in [0.1, 0.15) is 0 Å². The Morgan fingerprint density at radius 1 is 0.725 bits per heavy atom. The number of benzene rings is 3. The fourth-order valence-corrected chi connectivity index (χ4v) is 4.87. The Bertz CT molecular complexity index is 1270. The summed E-state index contributed by atoms with van der Waals surface area (Å²) in [6.07, 6.45) is 8.67. The Morgan fingerprint density at radius 2 is 1.27 bits per heavy atom. The highest BCUT2D eigenvalue weighted by molar-refractivity contribution is 5.72. The number of unbranched alkanes of at least 4 members (excludes halogenated alkanes) is 6. The van der Waals surface area contributed by atoms with Crippen LogP contribution >= 0.6 is 0 Å². The smallest absolute Gasteiger partial charge is 0.201 e. The van der Waals surface area contributed by atoms with Crippen LogP contribution in [0.5, 0.6) is 5.75 Å². The van der Waals surface area contributed by atoms with E-state index in [0.29, 0.717) is 17.7 Å². The van der Waals surface area contributed by atoms with Gasteiger partial charge in [-0.25, -0.2) is 13.2 Å². The fourth-order valence-electron chi connectivity index (χ4n) is 4.87. The van der Waals surface area contributed by atoms with Gasteiger partial charge in [0, 0.05) is 17.0 Å². The normalized spacial score (nSPS) is 17.1. The van der Waals surface area contributed by atoms with Crippen LogP contribution in [0, 0.1) is 23.3 Å². The predicted octanol–water partition coefficient (Wildman–Crippen LogP) is 9.35. The molecule has 0 unspecified atom stereocenters. The molecular formula is C33H36F4O3. The van der Waals surface area contributed by atoms with Gasteiger partial charge in [-0.2, -0.15) is 4.39 Å². The minimum atomic E-state index is -1.04. The second kappa shape index (κ2) is 14.5. The third-order valence-electron chi connectivity index (χ3n) is 7.23. The molecule has 0 amide bonds. The summed E-state index contributed by atoms with van der Waals surface area (Å²) >= 11 is 0. The fraction of sp³-hybridized carbons (Fsp3) is 0.394. The van der Waals surface area contributed by atoms with Crippen molar-refractivity contribution in [3.63, 3.8) is 0 Å². The van der Waals surface area contributed by atoms with Gasteiger partial charge in [0.05, 0.1) is 19.8 Å². The maximum absolute atomic E-state index is 15.1. The summed E-state index contributed by atoms with van der Waals surface area (Å²) in [5.41, 5.74) is 1.11. The monoisotopic (exact) mass is 556 g/mol. The number of ether oxygens (including phenoxy) is 3. The zero-order valence-electron chi connectivity index (χ0n) is 22.9. The molecule has 0 aromatic heterocycles. The Kier molecular flexibility index (Phi) is 10.8. The third kappa shape index (κ3) is 7.12. The predicted molar refractivity (Wildman–Crippen MR) is 149 cm³/mol. The summed E-state index contributed by atoms with van der Waals surface area (Å²) in [5.74, 6) is -4.56. The van der Waals surface area contributed by atoms with E-state index in [1.165, 1.54) is 56.0 Å². The van der Waals surface area contributed by atoms with Crippen LogP contribution < -0.4 is 4.74 Å². The van der Waals surface area contributed by atoms with E-state index in [-0.39, 0.29) is 35.7 Å². The largest absolute Gasteiger partial charge is 0.490 e. The lowest BCUT2D eigenvalue weighted by atomic mass is 9.94. The van der Waals surface area contributed by atoms with E-state index in [4.69, 9.17) is 14.2 Å². The van der Waals surface area contributed by atoms with Crippen molar-refractivity contribution in [2.45, 2.75) is 64.1 Å². The van der Waals surface area contributed by atoms with Crippen molar-refractivity contribution >= 4 is 0 Å². The Labute approximate surface area is 233 Å². The van der Waals surface area contributed by atoms with Gasteiger partial charge in [0.25, 0.3) is 0 Å². The average molecular weight is 557 g/mol. The highest BCUT2D eigenvalue weighted by Crippen LogP contribution is 2.34. The molecule has 0 N–H and O–H groups in total. The lowest BCUT2D eigenvalue weighted by Gasteiger charge is -2.28. The minimum Gasteiger partial charge on any atom is -0.490 e. The third-order valence-corrected chi connectivity index (χ3v) is 7.23. The summed E-state index contributed by atoms with van der Waals surface area (Å²) in [7, 11) is 0. The first-order chi connectivity index (χ1) is 19.4. The Hall–Kier alpha value is -3.16. The number of rotatable bonds is 13. The van der Waals surface area contributed by atoms with Crippen molar-refractivity contribution in [3.05, 3.63) is 90.0 Å². The van der Waals surface area contributed by atoms with E-state index in [1.807, 2.05) is 0 Å². The van der Waals surface area contributed by atoms with Gasteiger partial charge >= 0.3 is 0 Å². The molecule has 40 heavy (non-hydrogen) atoms. The quantitative estimate of drug-likeness (QED) is 0.119. The molecule has 7 heteroatoms. The second-order valence-corrected chi connectivity index (χ2v) is 10.1. The van der Waals surface area contributed by atoms with E-state index >= 15 is 4.39 Å². The molecule has 0 saturated carbocycles. The zero-order chi connectivity index (χ0) is 28.5. The summed E-state index contributed by atoms with van der Waals surface area (Å²) in [5, 5.41) is 0. The SMILES string of the molecule is C=CC1OCC(c2ccc(-c3ccc(-c4ccc(OCCCCCCCCC)c(F)c4F)cc3)c(F)c2F)CO1. The maximum Gasteiger partial charge on any atom is 0.201 e. The lowest BCUT2D eigenvalue weighted by Crippen LogP contribution is -2.30. The molecule has 3 nitrogen and oxygen atoms in total. The van der Waals surface area contributed by atoms with Crippen molar-refractivity contribution in [3.8, 4) is 28.0 Å². The molecule has 0 spiro atoms. The Balaban J connectivity index is 1.40. The topological polar surface area (TPSA) is 27.7 Å². The van der Waals surface area contributed by atoms with Crippen molar-refractivity contribution in [2.75, 3.05) is 19.8 Å². The molecule has 1 saturated heterocycles. The second-order valence-electron chi connectivity index (χ2n) is 10.1. The van der Waals surface area contributed by atoms with Gasteiger partial charge in [0.15, 0.2) is 29.5 Å². The first-order valence-corrected chi connectivity index (χ1v) is 14.0. The van der Waals surface area contributed by atoms with Gasteiger partial charge in [-0.1, -0.05) is 88.4 Å². The lowest BCUT2D eigenvalue weighted by molar-refractivity contribution is -0.159. The molecule has 1 aliphatic rings. The molecule has 1 heterocycles. The van der Waals surface area contributed by atoms with E-state index in [9.17, 15) is 13.2 Å². The molecule has 1 fully saturated rings. The van der Waals surface area contributed by atoms with Crippen molar-refractivity contribution in [1.82, 2.24) is 0 Å². The first-order valence-electron chi connectivity index (χ1n) is 14.0. The van der Waals surface area contributed by atoms with Crippen molar-refractivity contribution < 1.29 is 31.8 Å². The summed E-state index contributed by atoms with van der Waals surface area (Å²) in [6.45, 7) is 6.47.